The maximum atomic E-state index is 13.1. The number of sulfone groups is 1. The third-order valence-corrected chi connectivity index (χ3v) is 4.70. The summed E-state index contributed by atoms with van der Waals surface area (Å²) in [5.74, 6) is -0.580. The summed E-state index contributed by atoms with van der Waals surface area (Å²) in [7, 11) is -3.28. The second-order valence-electron chi connectivity index (χ2n) is 7.06. The van der Waals surface area contributed by atoms with Gasteiger partial charge < -0.3 is 0 Å². The lowest BCUT2D eigenvalue weighted by Crippen LogP contribution is -2.41. The molecule has 0 bridgehead atoms. The van der Waals surface area contributed by atoms with Crippen LogP contribution in [0.5, 0.6) is 0 Å². The molecule has 0 aliphatic rings. The number of rotatable bonds is 5. The van der Waals surface area contributed by atoms with E-state index in [4.69, 9.17) is 0 Å². The number of ketones is 1. The Morgan fingerprint density at radius 2 is 1.56 bits per heavy atom. The monoisotopic (exact) mass is 391 g/mol. The first kappa shape index (κ1) is 20.6. The van der Waals surface area contributed by atoms with Gasteiger partial charge >= 0.3 is 0 Å². The van der Waals surface area contributed by atoms with Crippen molar-refractivity contribution in [2.75, 3.05) is 11.7 Å². The number of carbonyl (C=O) groups is 1. The van der Waals surface area contributed by atoms with Crippen LogP contribution in [-0.2, 0) is 14.6 Å². The molecule has 0 aromatic heterocycles. The summed E-state index contributed by atoms with van der Waals surface area (Å²) >= 11 is 0. The molecule has 0 unspecified atom stereocenters. The van der Waals surface area contributed by atoms with Crippen molar-refractivity contribution < 1.29 is 17.6 Å². The second-order valence-corrected chi connectivity index (χ2v) is 9.08. The smallest absolute Gasteiger partial charge is 0.204 e. The van der Waals surface area contributed by atoms with Crippen molar-refractivity contribution in [2.24, 2.45) is 10.4 Å². The molecule has 0 saturated heterocycles. The van der Waals surface area contributed by atoms with Gasteiger partial charge in [0.15, 0.2) is 15.7 Å². The molecular weight excluding hydrogens is 369 g/mol. The number of hydrogen-bond acceptors (Lipinski definition) is 5. The molecule has 2 N–H and O–H groups in total. The summed E-state index contributed by atoms with van der Waals surface area (Å²) in [6.45, 7) is 5.29. The first-order chi connectivity index (χ1) is 12.5. The molecule has 0 atom stereocenters. The molecule has 27 heavy (non-hydrogen) atoms. The predicted octanol–water partition coefficient (Wildman–Crippen LogP) is 3.49. The first-order valence-corrected chi connectivity index (χ1v) is 10.1. The largest absolute Gasteiger partial charge is 0.300 e. The molecule has 0 radical (unpaired) electrons. The summed E-state index contributed by atoms with van der Waals surface area (Å²) in [5, 5.41) is 0. The van der Waals surface area contributed by atoms with Crippen molar-refractivity contribution in [1.82, 2.24) is 5.43 Å². The molecule has 2 aromatic carbocycles. The lowest BCUT2D eigenvalue weighted by molar-refractivity contribution is -0.119. The lowest BCUT2D eigenvalue weighted by atomic mass is 9.90. The molecule has 0 amide bonds. The molecule has 8 heteroatoms. The fraction of sp³-hybridized carbons (Fsp3) is 0.263. The summed E-state index contributed by atoms with van der Waals surface area (Å²) in [6.07, 6.45) is 1.13. The van der Waals surface area contributed by atoms with Gasteiger partial charge in [0.05, 0.1) is 16.3 Å². The molecule has 0 fully saturated rings. The maximum absolute atomic E-state index is 13.1. The van der Waals surface area contributed by atoms with Crippen molar-refractivity contribution in [3.05, 3.63) is 54.3 Å². The standard InChI is InChI=1S/C19H22FN3O3S/c1-19(2,3)17(24)18(21-14-7-5-13(20)6-8-14)23-22-15-9-11-16(12-10-15)27(4,25)26/h5-12,22H,1-4H3,(H,21,23). The number of Topliss-reactive ketones (excluding diaryl/α,β-unsaturated/α-hetero) is 1. The average molecular weight is 391 g/mol. The Morgan fingerprint density at radius 1 is 1.00 bits per heavy atom. The minimum atomic E-state index is -3.28. The van der Waals surface area contributed by atoms with E-state index in [0.717, 1.165) is 6.26 Å². The molecule has 0 aliphatic heterocycles. The Morgan fingerprint density at radius 3 is 2.04 bits per heavy atom. The van der Waals surface area contributed by atoms with E-state index in [1.54, 1.807) is 32.9 Å². The van der Waals surface area contributed by atoms with E-state index in [-0.39, 0.29) is 16.5 Å². The number of nitrogens with one attached hydrogen (secondary N) is 2. The highest BCUT2D eigenvalue weighted by molar-refractivity contribution is 7.90. The number of hydrogen-bond donors (Lipinski definition) is 2. The number of anilines is 1. The highest BCUT2D eigenvalue weighted by Crippen LogP contribution is 2.19. The number of carbonyl (C=O) groups excluding carboxylic acids is 1. The second kappa shape index (κ2) is 7.87. The van der Waals surface area contributed by atoms with Gasteiger partial charge in [-0.2, -0.15) is 0 Å². The van der Waals surface area contributed by atoms with Crippen LogP contribution in [0.25, 0.3) is 0 Å². The van der Waals surface area contributed by atoms with Crippen molar-refractivity contribution in [1.29, 1.82) is 0 Å². The summed E-state index contributed by atoms with van der Waals surface area (Å²) in [6, 6.07) is 11.5. The third-order valence-electron chi connectivity index (χ3n) is 3.57. The summed E-state index contributed by atoms with van der Waals surface area (Å²) < 4.78 is 36.1. The third kappa shape index (κ3) is 5.89. The van der Waals surface area contributed by atoms with Crippen LogP contribution in [0.1, 0.15) is 20.8 Å². The zero-order chi connectivity index (χ0) is 20.2. The fourth-order valence-corrected chi connectivity index (χ4v) is 2.68. The van der Waals surface area contributed by atoms with Crippen LogP contribution in [0, 0.1) is 11.2 Å². The molecule has 0 saturated carbocycles. The molecule has 2 rings (SSSR count). The molecule has 144 valence electrons. The first-order valence-electron chi connectivity index (χ1n) is 8.18. The molecule has 0 heterocycles. The summed E-state index contributed by atoms with van der Waals surface area (Å²) in [4.78, 5) is 17.1. The van der Waals surface area contributed by atoms with Crippen LogP contribution in [0.4, 0.5) is 15.8 Å². The highest BCUT2D eigenvalue weighted by Gasteiger charge is 2.26. The van der Waals surface area contributed by atoms with Gasteiger partial charge in [0, 0.05) is 11.7 Å². The van der Waals surface area contributed by atoms with Gasteiger partial charge in [0.1, 0.15) is 5.82 Å². The van der Waals surface area contributed by atoms with Crippen LogP contribution in [0.3, 0.4) is 0 Å². The zero-order valence-corrected chi connectivity index (χ0v) is 16.4. The van der Waals surface area contributed by atoms with Crippen LogP contribution in [0.2, 0.25) is 0 Å². The van der Waals surface area contributed by atoms with E-state index in [1.807, 2.05) is 0 Å². The van der Waals surface area contributed by atoms with Crippen LogP contribution in [0.15, 0.2) is 58.4 Å². The SMILES string of the molecule is CC(C)(C)C(=O)C(=Nc1ccc(F)cc1)NNc1ccc(S(C)(=O)=O)cc1. The number of hydrazine groups is 1. The number of nitrogens with zero attached hydrogens (tertiary/aromatic N) is 1. The Hall–Kier alpha value is -2.74. The number of benzene rings is 2. The Balaban J connectivity index is 2.24. The van der Waals surface area contributed by atoms with Crippen molar-refractivity contribution in [3.63, 3.8) is 0 Å². The van der Waals surface area contributed by atoms with Gasteiger partial charge in [-0.05, 0) is 48.5 Å². The van der Waals surface area contributed by atoms with E-state index in [1.165, 1.54) is 36.4 Å². The number of aliphatic imine (C=N–C) groups is 1. The zero-order valence-electron chi connectivity index (χ0n) is 15.6. The Bertz CT molecular complexity index is 945. The van der Waals surface area contributed by atoms with E-state index < -0.39 is 21.1 Å². The van der Waals surface area contributed by atoms with Gasteiger partial charge in [-0.3, -0.25) is 15.6 Å². The van der Waals surface area contributed by atoms with Crippen LogP contribution < -0.4 is 10.9 Å². The predicted molar refractivity (Wildman–Crippen MR) is 104 cm³/mol. The van der Waals surface area contributed by atoms with Crippen LogP contribution in [-0.4, -0.2) is 26.3 Å². The molecule has 0 spiro atoms. The van der Waals surface area contributed by atoms with E-state index in [9.17, 15) is 17.6 Å². The lowest BCUT2D eigenvalue weighted by Gasteiger charge is -2.20. The van der Waals surface area contributed by atoms with Gasteiger partial charge in [-0.25, -0.2) is 17.8 Å². The molecule has 0 aliphatic carbocycles. The summed E-state index contributed by atoms with van der Waals surface area (Å²) in [5.41, 5.74) is 5.90. The van der Waals surface area contributed by atoms with Crippen molar-refractivity contribution in [3.8, 4) is 0 Å². The van der Waals surface area contributed by atoms with Gasteiger partial charge in [-0.1, -0.05) is 20.8 Å². The minimum absolute atomic E-state index is 0.0568. The highest BCUT2D eigenvalue weighted by atomic mass is 32.2. The van der Waals surface area contributed by atoms with Gasteiger partial charge in [-0.15, -0.1) is 0 Å². The quantitative estimate of drug-likeness (QED) is 0.463. The number of halogens is 1. The van der Waals surface area contributed by atoms with Gasteiger partial charge in [0.2, 0.25) is 5.78 Å². The van der Waals surface area contributed by atoms with Crippen molar-refractivity contribution in [2.45, 2.75) is 25.7 Å². The minimum Gasteiger partial charge on any atom is -0.300 e. The molecular formula is C19H22FN3O3S. The Kier molecular flexibility index (Phi) is 6.00. The van der Waals surface area contributed by atoms with E-state index >= 15 is 0 Å². The van der Waals surface area contributed by atoms with Gasteiger partial charge in [0.25, 0.3) is 0 Å². The average Bonchev–Trinajstić information content (AvgIpc) is 2.58. The topological polar surface area (TPSA) is 87.6 Å². The van der Waals surface area contributed by atoms with Crippen molar-refractivity contribution >= 4 is 32.8 Å². The van der Waals surface area contributed by atoms with Crippen LogP contribution >= 0.6 is 0 Å². The normalized spacial score (nSPS) is 12.6. The van der Waals surface area contributed by atoms with E-state index in [0.29, 0.717) is 11.4 Å². The molecule has 6 nitrogen and oxygen atoms in total. The molecule has 2 aromatic rings. The van der Waals surface area contributed by atoms with E-state index in [2.05, 4.69) is 15.8 Å². The fourth-order valence-electron chi connectivity index (χ4n) is 2.05. The maximum Gasteiger partial charge on any atom is 0.204 e. The Labute approximate surface area is 158 Å². The number of amidine groups is 1.